The van der Waals surface area contributed by atoms with E-state index in [0.29, 0.717) is 22.2 Å². The number of hydrogen-bond acceptors (Lipinski definition) is 4. The van der Waals surface area contributed by atoms with Crippen molar-refractivity contribution in [1.29, 1.82) is 0 Å². The number of aromatic amines is 1. The van der Waals surface area contributed by atoms with E-state index < -0.39 is 11.9 Å². The van der Waals surface area contributed by atoms with Crippen LogP contribution in [-0.4, -0.2) is 36.2 Å². The van der Waals surface area contributed by atoms with Crippen LogP contribution in [0.1, 0.15) is 16.1 Å². The third-order valence-corrected chi connectivity index (χ3v) is 2.83. The van der Waals surface area contributed by atoms with Gasteiger partial charge in [-0.05, 0) is 18.2 Å². The molecule has 0 spiro atoms. The predicted octanol–water partition coefficient (Wildman–Crippen LogP) is 2.06. The van der Waals surface area contributed by atoms with Crippen LogP contribution in [0.5, 0.6) is 5.75 Å². The molecule has 0 fully saturated rings. The SMILES string of the molecule is COC(=O)c1[nH]c2cc(OC)ccc2c1/C=C/C(=O)O. The third-order valence-electron chi connectivity index (χ3n) is 2.83. The minimum atomic E-state index is -1.09. The molecule has 0 saturated heterocycles. The molecule has 0 radical (unpaired) electrons. The molecular formula is C14H13NO5. The van der Waals surface area contributed by atoms with Gasteiger partial charge in [0.25, 0.3) is 0 Å². The van der Waals surface area contributed by atoms with Gasteiger partial charge in [-0.25, -0.2) is 9.59 Å². The summed E-state index contributed by atoms with van der Waals surface area (Å²) in [7, 11) is 2.80. The van der Waals surface area contributed by atoms with Crippen molar-refractivity contribution >= 4 is 28.9 Å². The zero-order valence-corrected chi connectivity index (χ0v) is 11.0. The molecule has 0 unspecified atom stereocenters. The molecule has 1 heterocycles. The van der Waals surface area contributed by atoms with Crippen LogP contribution in [0.3, 0.4) is 0 Å². The van der Waals surface area contributed by atoms with Gasteiger partial charge in [0.2, 0.25) is 0 Å². The number of hydrogen-bond donors (Lipinski definition) is 2. The summed E-state index contributed by atoms with van der Waals surface area (Å²) in [4.78, 5) is 25.3. The number of esters is 1. The molecule has 2 aromatic rings. The first kappa shape index (κ1) is 13.7. The zero-order chi connectivity index (χ0) is 14.7. The number of fused-ring (bicyclic) bond motifs is 1. The zero-order valence-electron chi connectivity index (χ0n) is 11.0. The molecule has 0 bridgehead atoms. The highest BCUT2D eigenvalue weighted by Crippen LogP contribution is 2.27. The van der Waals surface area contributed by atoms with Gasteiger partial charge >= 0.3 is 11.9 Å². The normalized spacial score (nSPS) is 10.9. The van der Waals surface area contributed by atoms with E-state index in [2.05, 4.69) is 9.72 Å². The molecule has 20 heavy (non-hydrogen) atoms. The highest BCUT2D eigenvalue weighted by atomic mass is 16.5. The number of rotatable bonds is 4. The summed E-state index contributed by atoms with van der Waals surface area (Å²) >= 11 is 0. The number of aliphatic carboxylic acids is 1. The van der Waals surface area contributed by atoms with Crippen LogP contribution >= 0.6 is 0 Å². The van der Waals surface area contributed by atoms with Crippen LogP contribution in [0, 0.1) is 0 Å². The molecule has 6 nitrogen and oxygen atoms in total. The Kier molecular flexibility index (Phi) is 3.74. The van der Waals surface area contributed by atoms with Gasteiger partial charge in [-0.15, -0.1) is 0 Å². The second-order valence-corrected chi connectivity index (χ2v) is 3.99. The lowest BCUT2D eigenvalue weighted by atomic mass is 10.1. The van der Waals surface area contributed by atoms with Crippen molar-refractivity contribution in [1.82, 2.24) is 4.98 Å². The van der Waals surface area contributed by atoms with Gasteiger partial charge in [-0.3, -0.25) is 0 Å². The first-order valence-electron chi connectivity index (χ1n) is 5.76. The fourth-order valence-electron chi connectivity index (χ4n) is 1.92. The lowest BCUT2D eigenvalue weighted by molar-refractivity contribution is -0.131. The maximum atomic E-state index is 11.7. The summed E-state index contributed by atoms with van der Waals surface area (Å²) in [6, 6.07) is 5.20. The smallest absolute Gasteiger partial charge is 0.355 e. The number of methoxy groups -OCH3 is 2. The number of H-pyrrole nitrogens is 1. The number of carbonyl (C=O) groups excluding carboxylic acids is 1. The summed E-state index contributed by atoms with van der Waals surface area (Å²) in [6.07, 6.45) is 2.33. The fraction of sp³-hybridized carbons (Fsp3) is 0.143. The van der Waals surface area contributed by atoms with Crippen LogP contribution < -0.4 is 4.74 Å². The molecular weight excluding hydrogens is 262 g/mol. The Morgan fingerprint density at radius 3 is 2.65 bits per heavy atom. The molecule has 0 saturated carbocycles. The van der Waals surface area contributed by atoms with Crippen molar-refractivity contribution in [3.8, 4) is 5.75 Å². The molecule has 1 aromatic carbocycles. The summed E-state index contributed by atoms with van der Waals surface area (Å²) in [5.41, 5.74) is 1.33. The summed E-state index contributed by atoms with van der Waals surface area (Å²) in [5.74, 6) is -1.03. The van der Waals surface area contributed by atoms with Crippen molar-refractivity contribution in [3.63, 3.8) is 0 Å². The molecule has 2 rings (SSSR count). The second-order valence-electron chi connectivity index (χ2n) is 3.99. The van der Waals surface area contributed by atoms with E-state index in [1.165, 1.54) is 20.3 Å². The Morgan fingerprint density at radius 1 is 1.30 bits per heavy atom. The standard InChI is InChI=1S/C14H13NO5/c1-19-8-3-4-9-10(5-6-12(16)17)13(14(18)20-2)15-11(9)7-8/h3-7,15H,1-2H3,(H,16,17)/b6-5+. The monoisotopic (exact) mass is 275 g/mol. The average molecular weight is 275 g/mol. The number of carboxylic acids is 1. The highest BCUT2D eigenvalue weighted by molar-refractivity contribution is 6.04. The van der Waals surface area contributed by atoms with E-state index in [-0.39, 0.29) is 5.69 Å². The summed E-state index contributed by atoms with van der Waals surface area (Å²) < 4.78 is 9.80. The maximum absolute atomic E-state index is 11.7. The summed E-state index contributed by atoms with van der Waals surface area (Å²) in [6.45, 7) is 0. The van der Waals surface area contributed by atoms with Gasteiger partial charge in [0.15, 0.2) is 0 Å². The van der Waals surface area contributed by atoms with Crippen LogP contribution in [0.15, 0.2) is 24.3 Å². The largest absolute Gasteiger partial charge is 0.497 e. The molecule has 0 aliphatic heterocycles. The van der Waals surface area contributed by atoms with Gasteiger partial charge in [-0.1, -0.05) is 0 Å². The lowest BCUT2D eigenvalue weighted by Gasteiger charge is -1.99. The Balaban J connectivity index is 2.66. The van der Waals surface area contributed by atoms with Gasteiger partial charge in [-0.2, -0.15) is 0 Å². The van der Waals surface area contributed by atoms with E-state index in [4.69, 9.17) is 9.84 Å². The quantitative estimate of drug-likeness (QED) is 0.658. The van der Waals surface area contributed by atoms with Crippen LogP contribution in [0.4, 0.5) is 0 Å². The highest BCUT2D eigenvalue weighted by Gasteiger charge is 2.17. The molecule has 6 heteroatoms. The van der Waals surface area contributed by atoms with E-state index in [1.807, 2.05) is 0 Å². The summed E-state index contributed by atoms with van der Waals surface area (Å²) in [5, 5.41) is 9.43. The average Bonchev–Trinajstić information content (AvgIpc) is 2.81. The Labute approximate surface area is 114 Å². The minimum absolute atomic E-state index is 0.202. The predicted molar refractivity (Wildman–Crippen MR) is 72.9 cm³/mol. The van der Waals surface area contributed by atoms with Crippen molar-refractivity contribution in [2.45, 2.75) is 0 Å². The van der Waals surface area contributed by atoms with Gasteiger partial charge in [0.1, 0.15) is 11.4 Å². The van der Waals surface area contributed by atoms with Crippen LogP contribution in [-0.2, 0) is 9.53 Å². The van der Waals surface area contributed by atoms with Crippen LogP contribution in [0.25, 0.3) is 17.0 Å². The molecule has 0 aliphatic carbocycles. The van der Waals surface area contributed by atoms with Crippen molar-refractivity contribution in [2.75, 3.05) is 14.2 Å². The molecule has 104 valence electrons. The Bertz CT molecular complexity index is 699. The number of carboxylic acid groups (broad SMARTS) is 1. The number of benzene rings is 1. The molecule has 0 aliphatic rings. The number of carbonyl (C=O) groups is 2. The van der Waals surface area contributed by atoms with Gasteiger partial charge in [0.05, 0.1) is 19.7 Å². The van der Waals surface area contributed by atoms with Gasteiger partial charge in [0, 0.05) is 23.1 Å². The van der Waals surface area contributed by atoms with Gasteiger partial charge < -0.3 is 19.6 Å². The van der Waals surface area contributed by atoms with Crippen molar-refractivity contribution < 1.29 is 24.2 Å². The van der Waals surface area contributed by atoms with Crippen molar-refractivity contribution in [2.24, 2.45) is 0 Å². The lowest BCUT2D eigenvalue weighted by Crippen LogP contribution is -2.03. The topological polar surface area (TPSA) is 88.6 Å². The van der Waals surface area contributed by atoms with E-state index in [1.54, 1.807) is 18.2 Å². The van der Waals surface area contributed by atoms with E-state index in [0.717, 1.165) is 6.08 Å². The Morgan fingerprint density at radius 2 is 2.05 bits per heavy atom. The minimum Gasteiger partial charge on any atom is -0.497 e. The third kappa shape index (κ3) is 2.49. The van der Waals surface area contributed by atoms with E-state index >= 15 is 0 Å². The van der Waals surface area contributed by atoms with Crippen molar-refractivity contribution in [3.05, 3.63) is 35.5 Å². The number of aromatic nitrogens is 1. The second kappa shape index (κ2) is 5.48. The molecule has 0 atom stereocenters. The van der Waals surface area contributed by atoms with Crippen LogP contribution in [0.2, 0.25) is 0 Å². The first-order chi connectivity index (χ1) is 9.56. The molecule has 2 N–H and O–H groups in total. The van der Waals surface area contributed by atoms with E-state index in [9.17, 15) is 9.59 Å². The fourth-order valence-corrected chi connectivity index (χ4v) is 1.92. The number of nitrogens with one attached hydrogen (secondary N) is 1. The molecule has 0 amide bonds. The molecule has 1 aromatic heterocycles. The Hall–Kier alpha value is -2.76. The maximum Gasteiger partial charge on any atom is 0.355 e. The first-order valence-corrected chi connectivity index (χ1v) is 5.76. The number of ether oxygens (including phenoxy) is 2.